The molecule has 1 aromatic rings. The van der Waals surface area contributed by atoms with E-state index in [9.17, 15) is 22.4 Å². The Morgan fingerprint density at radius 3 is 2.53 bits per heavy atom. The van der Waals surface area contributed by atoms with Crippen LogP contribution in [0.1, 0.15) is 18.2 Å². The zero-order valence-electron chi connectivity index (χ0n) is 8.84. The molecular weight excluding hydrogens is 242 g/mol. The molecular formula is C10H9F4NO2. The Kier molecular flexibility index (Phi) is 4.03. The summed E-state index contributed by atoms with van der Waals surface area (Å²) >= 11 is 0. The average Bonchev–Trinajstić information content (AvgIpc) is 2.15. The summed E-state index contributed by atoms with van der Waals surface area (Å²) in [7, 11) is 0. The summed E-state index contributed by atoms with van der Waals surface area (Å²) in [6.07, 6.45) is -5.15. The summed E-state index contributed by atoms with van der Waals surface area (Å²) in [5.74, 6) is -2.31. The summed E-state index contributed by atoms with van der Waals surface area (Å²) in [5, 5.41) is 0. The molecule has 0 fully saturated rings. The van der Waals surface area contributed by atoms with Gasteiger partial charge in [0.2, 0.25) is 5.95 Å². The fourth-order valence-electron chi connectivity index (χ4n) is 1.14. The van der Waals surface area contributed by atoms with Crippen LogP contribution in [0.15, 0.2) is 12.1 Å². The zero-order valence-corrected chi connectivity index (χ0v) is 8.84. The van der Waals surface area contributed by atoms with Gasteiger partial charge in [0.1, 0.15) is 5.56 Å². The Labute approximate surface area is 94.4 Å². The molecule has 0 saturated carbocycles. The van der Waals surface area contributed by atoms with E-state index in [1.54, 1.807) is 6.92 Å². The van der Waals surface area contributed by atoms with Crippen LogP contribution >= 0.6 is 0 Å². The lowest BCUT2D eigenvalue weighted by atomic mass is 10.2. The Balaban J connectivity index is 2.86. The van der Waals surface area contributed by atoms with Crippen LogP contribution < -0.4 is 0 Å². The molecule has 0 amide bonds. The van der Waals surface area contributed by atoms with E-state index in [0.29, 0.717) is 6.07 Å². The third kappa shape index (κ3) is 3.69. The zero-order chi connectivity index (χ0) is 13.1. The van der Waals surface area contributed by atoms with Crippen molar-refractivity contribution in [1.82, 2.24) is 4.98 Å². The minimum atomic E-state index is -4.79. The smallest absolute Gasteiger partial charge is 0.420 e. The fourth-order valence-corrected chi connectivity index (χ4v) is 1.14. The highest BCUT2D eigenvalue weighted by Gasteiger charge is 2.34. The van der Waals surface area contributed by atoms with E-state index in [-0.39, 0.29) is 18.7 Å². The maximum atomic E-state index is 13.0. The van der Waals surface area contributed by atoms with Crippen molar-refractivity contribution in [3.63, 3.8) is 0 Å². The van der Waals surface area contributed by atoms with Crippen molar-refractivity contribution in [2.45, 2.75) is 19.5 Å². The molecule has 0 atom stereocenters. The van der Waals surface area contributed by atoms with Crippen LogP contribution in [0, 0.1) is 5.95 Å². The van der Waals surface area contributed by atoms with Crippen LogP contribution in [0.4, 0.5) is 17.6 Å². The Morgan fingerprint density at radius 1 is 1.41 bits per heavy atom. The molecule has 1 rings (SSSR count). The summed E-state index contributed by atoms with van der Waals surface area (Å²) < 4.78 is 54.1. The minimum Gasteiger partial charge on any atom is -0.466 e. The van der Waals surface area contributed by atoms with Crippen molar-refractivity contribution in [3.05, 3.63) is 29.3 Å². The number of hydrogen-bond acceptors (Lipinski definition) is 3. The standard InChI is InChI=1S/C10H9F4NO2/c1-2-17-8(16)5-6-3-4-7(9(11)15-6)10(12,13)14/h3-4H,2,5H2,1H3. The molecule has 0 aliphatic carbocycles. The van der Waals surface area contributed by atoms with E-state index >= 15 is 0 Å². The van der Waals surface area contributed by atoms with E-state index < -0.39 is 23.7 Å². The molecule has 0 spiro atoms. The summed E-state index contributed by atoms with van der Waals surface area (Å²) in [4.78, 5) is 14.1. The van der Waals surface area contributed by atoms with Gasteiger partial charge in [-0.1, -0.05) is 0 Å². The lowest BCUT2D eigenvalue weighted by molar-refractivity contribution is -0.142. The SMILES string of the molecule is CCOC(=O)Cc1ccc(C(F)(F)F)c(F)n1. The predicted molar refractivity (Wildman–Crippen MR) is 49.5 cm³/mol. The van der Waals surface area contributed by atoms with Gasteiger partial charge in [-0.3, -0.25) is 4.79 Å². The number of carbonyl (C=O) groups excluding carboxylic acids is 1. The molecule has 1 heterocycles. The van der Waals surface area contributed by atoms with Gasteiger partial charge >= 0.3 is 12.1 Å². The van der Waals surface area contributed by atoms with Crippen LogP contribution in [0.3, 0.4) is 0 Å². The molecule has 94 valence electrons. The van der Waals surface area contributed by atoms with Crippen molar-refractivity contribution in [2.24, 2.45) is 0 Å². The lowest BCUT2D eigenvalue weighted by Gasteiger charge is -2.08. The number of esters is 1. The molecule has 17 heavy (non-hydrogen) atoms. The number of aromatic nitrogens is 1. The van der Waals surface area contributed by atoms with Crippen molar-refractivity contribution in [3.8, 4) is 0 Å². The third-order valence-corrected chi connectivity index (χ3v) is 1.84. The van der Waals surface area contributed by atoms with E-state index in [2.05, 4.69) is 9.72 Å². The molecule has 7 heteroatoms. The number of ether oxygens (including phenoxy) is 1. The quantitative estimate of drug-likeness (QED) is 0.470. The van der Waals surface area contributed by atoms with Crippen LogP contribution in [0.2, 0.25) is 0 Å². The van der Waals surface area contributed by atoms with Crippen LogP contribution in [0.25, 0.3) is 0 Å². The fraction of sp³-hybridized carbons (Fsp3) is 0.400. The second-order valence-electron chi connectivity index (χ2n) is 3.12. The molecule has 0 aromatic carbocycles. The van der Waals surface area contributed by atoms with Gasteiger partial charge in [0.15, 0.2) is 0 Å². The Bertz CT molecular complexity index is 417. The highest BCUT2D eigenvalue weighted by Crippen LogP contribution is 2.30. The highest BCUT2D eigenvalue weighted by molar-refractivity contribution is 5.71. The summed E-state index contributed by atoms with van der Waals surface area (Å²) in [5.41, 5.74) is -1.56. The van der Waals surface area contributed by atoms with Gasteiger partial charge in [-0.2, -0.15) is 17.6 Å². The second kappa shape index (κ2) is 5.11. The van der Waals surface area contributed by atoms with Crippen molar-refractivity contribution in [1.29, 1.82) is 0 Å². The first-order valence-corrected chi connectivity index (χ1v) is 4.72. The largest absolute Gasteiger partial charge is 0.466 e. The first-order valence-electron chi connectivity index (χ1n) is 4.72. The normalized spacial score (nSPS) is 11.4. The van der Waals surface area contributed by atoms with E-state index in [0.717, 1.165) is 6.07 Å². The first kappa shape index (κ1) is 13.4. The number of alkyl halides is 3. The van der Waals surface area contributed by atoms with Gasteiger partial charge in [0.25, 0.3) is 0 Å². The number of nitrogens with zero attached hydrogens (tertiary/aromatic N) is 1. The second-order valence-corrected chi connectivity index (χ2v) is 3.12. The number of carbonyl (C=O) groups is 1. The third-order valence-electron chi connectivity index (χ3n) is 1.84. The van der Waals surface area contributed by atoms with E-state index in [4.69, 9.17) is 0 Å². The van der Waals surface area contributed by atoms with Crippen molar-refractivity contribution >= 4 is 5.97 Å². The Hall–Kier alpha value is -1.66. The topological polar surface area (TPSA) is 39.2 Å². The van der Waals surface area contributed by atoms with Gasteiger partial charge in [-0.25, -0.2) is 4.98 Å². The van der Waals surface area contributed by atoms with E-state index in [1.165, 1.54) is 0 Å². The van der Waals surface area contributed by atoms with Gasteiger partial charge < -0.3 is 4.74 Å². The Morgan fingerprint density at radius 2 is 2.06 bits per heavy atom. The first-order chi connectivity index (χ1) is 7.84. The predicted octanol–water partition coefficient (Wildman–Crippen LogP) is 2.35. The molecule has 0 aliphatic heterocycles. The van der Waals surface area contributed by atoms with Gasteiger partial charge in [0.05, 0.1) is 18.7 Å². The lowest BCUT2D eigenvalue weighted by Crippen LogP contribution is -2.13. The molecule has 0 aliphatic rings. The van der Waals surface area contributed by atoms with Gasteiger partial charge in [-0.05, 0) is 19.1 Å². The molecule has 3 nitrogen and oxygen atoms in total. The summed E-state index contributed by atoms with van der Waals surface area (Å²) in [6.45, 7) is 1.72. The maximum absolute atomic E-state index is 13.0. The van der Waals surface area contributed by atoms with Gasteiger partial charge in [-0.15, -0.1) is 0 Å². The van der Waals surface area contributed by atoms with Crippen LogP contribution in [-0.4, -0.2) is 17.6 Å². The minimum absolute atomic E-state index is 0.103. The van der Waals surface area contributed by atoms with Crippen molar-refractivity contribution in [2.75, 3.05) is 6.61 Å². The van der Waals surface area contributed by atoms with Crippen LogP contribution in [0.5, 0.6) is 0 Å². The van der Waals surface area contributed by atoms with Gasteiger partial charge in [0, 0.05) is 0 Å². The molecule has 0 unspecified atom stereocenters. The van der Waals surface area contributed by atoms with Crippen molar-refractivity contribution < 1.29 is 27.1 Å². The van der Waals surface area contributed by atoms with E-state index in [1.807, 2.05) is 0 Å². The number of rotatable bonds is 3. The highest BCUT2D eigenvalue weighted by atomic mass is 19.4. The molecule has 0 saturated heterocycles. The van der Waals surface area contributed by atoms with Crippen LogP contribution in [-0.2, 0) is 22.1 Å². The monoisotopic (exact) mass is 251 g/mol. The summed E-state index contributed by atoms with van der Waals surface area (Å²) in [6, 6.07) is 1.50. The maximum Gasteiger partial charge on any atom is 0.420 e. The molecule has 0 N–H and O–H groups in total. The number of halogens is 4. The number of hydrogen-bond donors (Lipinski definition) is 0. The molecule has 1 aromatic heterocycles. The molecule has 0 bridgehead atoms. The molecule has 0 radical (unpaired) electrons. The average molecular weight is 251 g/mol. The number of pyridine rings is 1.